The summed E-state index contributed by atoms with van der Waals surface area (Å²) >= 11 is 5.71. The zero-order valence-corrected chi connectivity index (χ0v) is 13.5. The van der Waals surface area contributed by atoms with Crippen molar-refractivity contribution >= 4 is 28.5 Å². The maximum absolute atomic E-state index is 12.0. The number of hydrogen-bond acceptors (Lipinski definition) is 3. The second-order valence-electron chi connectivity index (χ2n) is 5.28. The van der Waals surface area contributed by atoms with Crippen molar-refractivity contribution in [2.45, 2.75) is 19.9 Å². The molecule has 0 saturated carbocycles. The van der Waals surface area contributed by atoms with E-state index in [-0.39, 0.29) is 5.91 Å². The molecule has 1 aromatic carbocycles. The van der Waals surface area contributed by atoms with Gasteiger partial charge in [-0.25, -0.2) is 9.97 Å². The summed E-state index contributed by atoms with van der Waals surface area (Å²) in [6.07, 6.45) is 2.30. The van der Waals surface area contributed by atoms with Gasteiger partial charge >= 0.3 is 0 Å². The fourth-order valence-corrected chi connectivity index (χ4v) is 2.64. The van der Waals surface area contributed by atoms with Crippen LogP contribution in [0.3, 0.4) is 0 Å². The molecular formula is C17H17ClN4O. The second kappa shape index (κ2) is 6.79. The van der Waals surface area contributed by atoms with Gasteiger partial charge in [0, 0.05) is 19.3 Å². The van der Waals surface area contributed by atoms with Gasteiger partial charge in [0.05, 0.1) is 16.6 Å². The predicted octanol–water partition coefficient (Wildman–Crippen LogP) is 3.21. The molecule has 23 heavy (non-hydrogen) atoms. The number of carbonyl (C=O) groups is 1. The van der Waals surface area contributed by atoms with Crippen LogP contribution in [0.25, 0.3) is 11.0 Å². The molecule has 0 spiro atoms. The first-order valence-corrected chi connectivity index (χ1v) is 7.84. The minimum Gasteiger partial charge on any atom is -0.352 e. The molecule has 1 N–H and O–H groups in total. The van der Waals surface area contributed by atoms with Crippen molar-refractivity contribution in [2.75, 3.05) is 6.54 Å². The molecule has 0 radical (unpaired) electrons. The van der Waals surface area contributed by atoms with E-state index in [4.69, 9.17) is 11.6 Å². The highest BCUT2D eigenvalue weighted by atomic mass is 35.5. The Kier molecular flexibility index (Phi) is 4.57. The Bertz CT molecular complexity index is 826. The van der Waals surface area contributed by atoms with Crippen LogP contribution >= 0.6 is 11.6 Å². The minimum atomic E-state index is -0.138. The summed E-state index contributed by atoms with van der Waals surface area (Å²) in [7, 11) is 0. The molecular weight excluding hydrogens is 312 g/mol. The first-order valence-electron chi connectivity index (χ1n) is 7.47. The zero-order valence-electron chi connectivity index (χ0n) is 12.8. The molecule has 2 heterocycles. The Morgan fingerprint density at radius 3 is 2.87 bits per heavy atom. The van der Waals surface area contributed by atoms with E-state index in [1.54, 1.807) is 12.1 Å². The van der Waals surface area contributed by atoms with Crippen LogP contribution in [0.5, 0.6) is 0 Å². The lowest BCUT2D eigenvalue weighted by Crippen LogP contribution is -2.25. The van der Waals surface area contributed by atoms with Gasteiger partial charge in [0.15, 0.2) is 0 Å². The number of aromatic nitrogens is 3. The zero-order chi connectivity index (χ0) is 16.2. The summed E-state index contributed by atoms with van der Waals surface area (Å²) in [4.78, 5) is 20.4. The molecule has 118 valence electrons. The van der Waals surface area contributed by atoms with Gasteiger partial charge in [-0.15, -0.1) is 0 Å². The maximum Gasteiger partial charge on any atom is 0.252 e. The number of halogens is 1. The molecule has 0 fully saturated rings. The summed E-state index contributed by atoms with van der Waals surface area (Å²) in [5, 5.41) is 3.27. The average molecular weight is 329 g/mol. The van der Waals surface area contributed by atoms with Gasteiger partial charge in [-0.1, -0.05) is 23.7 Å². The molecule has 6 heteroatoms. The minimum absolute atomic E-state index is 0.138. The third-order valence-electron chi connectivity index (χ3n) is 3.68. The number of benzene rings is 1. The van der Waals surface area contributed by atoms with Gasteiger partial charge in [0.1, 0.15) is 11.0 Å². The Hall–Kier alpha value is -2.40. The van der Waals surface area contributed by atoms with Crippen molar-refractivity contribution in [3.63, 3.8) is 0 Å². The van der Waals surface area contributed by atoms with Gasteiger partial charge in [-0.2, -0.15) is 0 Å². The average Bonchev–Trinajstić information content (AvgIpc) is 2.87. The van der Waals surface area contributed by atoms with Gasteiger partial charge in [0.25, 0.3) is 5.91 Å². The van der Waals surface area contributed by atoms with Crippen LogP contribution in [0.15, 0.2) is 42.6 Å². The molecule has 0 unspecified atom stereocenters. The largest absolute Gasteiger partial charge is 0.352 e. The molecule has 0 aliphatic heterocycles. The smallest absolute Gasteiger partial charge is 0.252 e. The lowest BCUT2D eigenvalue weighted by Gasteiger charge is -2.08. The number of pyridine rings is 1. The third-order valence-corrected chi connectivity index (χ3v) is 3.90. The Balaban J connectivity index is 1.56. The van der Waals surface area contributed by atoms with E-state index in [2.05, 4.69) is 25.9 Å². The summed E-state index contributed by atoms with van der Waals surface area (Å²) < 4.78 is 2.17. The van der Waals surface area contributed by atoms with Crippen LogP contribution in [-0.2, 0) is 6.54 Å². The van der Waals surface area contributed by atoms with Crippen LogP contribution in [0.1, 0.15) is 22.6 Å². The maximum atomic E-state index is 12.0. The highest BCUT2D eigenvalue weighted by Crippen LogP contribution is 2.15. The van der Waals surface area contributed by atoms with E-state index in [1.807, 2.05) is 25.1 Å². The summed E-state index contributed by atoms with van der Waals surface area (Å²) in [6.45, 7) is 3.40. The molecule has 2 aromatic heterocycles. The van der Waals surface area contributed by atoms with Crippen LogP contribution in [0.4, 0.5) is 0 Å². The summed E-state index contributed by atoms with van der Waals surface area (Å²) in [6, 6.07) is 11.3. The van der Waals surface area contributed by atoms with Gasteiger partial charge in [-0.3, -0.25) is 4.79 Å². The lowest BCUT2D eigenvalue weighted by molar-refractivity contribution is 0.0952. The van der Waals surface area contributed by atoms with E-state index >= 15 is 0 Å². The van der Waals surface area contributed by atoms with Gasteiger partial charge in [0.2, 0.25) is 0 Å². The van der Waals surface area contributed by atoms with E-state index in [0.29, 0.717) is 17.3 Å². The molecule has 1 amide bonds. The number of imidazole rings is 1. The molecule has 0 aliphatic rings. The second-order valence-corrected chi connectivity index (χ2v) is 5.67. The van der Waals surface area contributed by atoms with E-state index in [0.717, 1.165) is 29.8 Å². The molecule has 3 rings (SSSR count). The molecule has 0 bridgehead atoms. The van der Waals surface area contributed by atoms with Crippen molar-refractivity contribution < 1.29 is 4.79 Å². The SMILES string of the molecule is Cc1nc2ccccc2n1CCCNC(=O)c1ccc(Cl)nc1. The van der Waals surface area contributed by atoms with Crippen LogP contribution in [-0.4, -0.2) is 27.0 Å². The first kappa shape index (κ1) is 15.5. The van der Waals surface area contributed by atoms with Crippen molar-refractivity contribution in [3.8, 4) is 0 Å². The quantitative estimate of drug-likeness (QED) is 0.578. The Morgan fingerprint density at radius 2 is 2.09 bits per heavy atom. The number of aryl methyl sites for hydroxylation is 2. The standard InChI is InChI=1S/C17H17ClN4O/c1-12-21-14-5-2-3-6-15(14)22(12)10-4-9-19-17(23)13-7-8-16(18)20-11-13/h2-3,5-8,11H,4,9-10H2,1H3,(H,19,23). The Labute approximate surface area is 139 Å². The van der Waals surface area contributed by atoms with E-state index in [9.17, 15) is 4.79 Å². The lowest BCUT2D eigenvalue weighted by atomic mass is 10.2. The number of carbonyl (C=O) groups excluding carboxylic acids is 1. The van der Waals surface area contributed by atoms with Gasteiger partial charge in [-0.05, 0) is 37.6 Å². The monoisotopic (exact) mass is 328 g/mol. The number of hydrogen-bond donors (Lipinski definition) is 1. The van der Waals surface area contributed by atoms with Crippen molar-refractivity contribution in [1.82, 2.24) is 19.9 Å². The van der Waals surface area contributed by atoms with Gasteiger partial charge < -0.3 is 9.88 Å². The van der Waals surface area contributed by atoms with Crippen molar-refractivity contribution in [3.05, 3.63) is 59.1 Å². The number of rotatable bonds is 5. The van der Waals surface area contributed by atoms with Crippen LogP contribution in [0, 0.1) is 6.92 Å². The van der Waals surface area contributed by atoms with Crippen molar-refractivity contribution in [2.24, 2.45) is 0 Å². The summed E-state index contributed by atoms with van der Waals surface area (Å²) in [5.41, 5.74) is 2.64. The molecule has 3 aromatic rings. The molecule has 5 nitrogen and oxygen atoms in total. The number of para-hydroxylation sites is 2. The highest BCUT2D eigenvalue weighted by molar-refractivity contribution is 6.29. The highest BCUT2D eigenvalue weighted by Gasteiger charge is 2.07. The van der Waals surface area contributed by atoms with Crippen molar-refractivity contribution in [1.29, 1.82) is 0 Å². The summed E-state index contributed by atoms with van der Waals surface area (Å²) in [5.74, 6) is 0.848. The van der Waals surface area contributed by atoms with E-state index < -0.39 is 0 Å². The number of amides is 1. The predicted molar refractivity (Wildman–Crippen MR) is 90.7 cm³/mol. The molecule has 0 atom stereocenters. The first-order chi connectivity index (χ1) is 11.1. The number of nitrogens with zero attached hydrogens (tertiary/aromatic N) is 3. The fourth-order valence-electron chi connectivity index (χ4n) is 2.53. The van der Waals surface area contributed by atoms with Crippen LogP contribution in [0.2, 0.25) is 5.15 Å². The molecule has 0 aliphatic carbocycles. The molecule has 0 saturated heterocycles. The topological polar surface area (TPSA) is 59.8 Å². The third kappa shape index (κ3) is 3.51. The number of nitrogens with one attached hydrogen (secondary N) is 1. The van der Waals surface area contributed by atoms with E-state index in [1.165, 1.54) is 6.20 Å². The normalized spacial score (nSPS) is 10.9. The fraction of sp³-hybridized carbons (Fsp3) is 0.235. The van der Waals surface area contributed by atoms with Crippen LogP contribution < -0.4 is 5.32 Å². The Morgan fingerprint density at radius 1 is 1.26 bits per heavy atom. The number of fused-ring (bicyclic) bond motifs is 1.